The minimum atomic E-state index is -0.315. The Kier molecular flexibility index (Phi) is 4.53. The third-order valence-electron chi connectivity index (χ3n) is 3.77. The van der Waals surface area contributed by atoms with Crippen LogP contribution in [0.25, 0.3) is 10.9 Å². The third-order valence-corrected chi connectivity index (χ3v) is 4.08. The van der Waals surface area contributed by atoms with Crippen molar-refractivity contribution in [2.45, 2.75) is 6.92 Å². The second kappa shape index (κ2) is 6.76. The highest BCUT2D eigenvalue weighted by Crippen LogP contribution is 2.27. The zero-order valence-electron chi connectivity index (χ0n) is 13.3. The Morgan fingerprint density at radius 3 is 2.67 bits per heavy atom. The topological polar surface area (TPSA) is 66.5 Å². The summed E-state index contributed by atoms with van der Waals surface area (Å²) in [4.78, 5) is 15.4. The highest BCUT2D eigenvalue weighted by Gasteiger charge is 2.15. The summed E-state index contributed by atoms with van der Waals surface area (Å²) in [6, 6.07) is 12.9. The van der Waals surface area contributed by atoms with Crippen molar-refractivity contribution in [3.8, 4) is 5.75 Å². The van der Waals surface area contributed by atoms with Crippen LogP contribution in [0.4, 0.5) is 0 Å². The van der Waals surface area contributed by atoms with Gasteiger partial charge in [-0.05, 0) is 48.4 Å². The number of ether oxygens (including phenoxy) is 1. The van der Waals surface area contributed by atoms with Crippen molar-refractivity contribution >= 4 is 34.6 Å². The molecule has 0 fully saturated rings. The lowest BCUT2D eigenvalue weighted by atomic mass is 10.1. The number of carbonyl (C=O) groups excluding carboxylic acids is 1. The molecule has 1 amide bonds. The number of rotatable bonds is 4. The summed E-state index contributed by atoms with van der Waals surface area (Å²) in [5.74, 6) is 0.450. The Morgan fingerprint density at radius 2 is 2.00 bits per heavy atom. The van der Waals surface area contributed by atoms with E-state index in [1.54, 1.807) is 19.4 Å². The van der Waals surface area contributed by atoms with Crippen molar-refractivity contribution in [2.24, 2.45) is 5.10 Å². The number of carbonyl (C=O) groups is 1. The highest BCUT2D eigenvalue weighted by molar-refractivity contribution is 6.35. The highest BCUT2D eigenvalue weighted by atomic mass is 35.5. The Morgan fingerprint density at radius 1 is 1.25 bits per heavy atom. The monoisotopic (exact) mass is 341 g/mol. The first-order chi connectivity index (χ1) is 11.6. The smallest absolute Gasteiger partial charge is 0.288 e. The molecular weight excluding hydrogens is 326 g/mol. The molecule has 6 heteroatoms. The molecule has 1 aromatic heterocycles. The van der Waals surface area contributed by atoms with Gasteiger partial charge in [0.2, 0.25) is 0 Å². The van der Waals surface area contributed by atoms with Gasteiger partial charge in [0.05, 0.1) is 23.9 Å². The average Bonchev–Trinajstić information content (AvgIpc) is 2.94. The lowest BCUT2D eigenvalue weighted by molar-refractivity contribution is 0.0950. The van der Waals surface area contributed by atoms with Gasteiger partial charge in [-0.15, -0.1) is 0 Å². The van der Waals surface area contributed by atoms with E-state index in [1.165, 1.54) is 0 Å². The van der Waals surface area contributed by atoms with Crippen LogP contribution in [0.1, 0.15) is 21.6 Å². The number of aryl methyl sites for hydroxylation is 1. The van der Waals surface area contributed by atoms with E-state index in [-0.39, 0.29) is 5.91 Å². The quantitative estimate of drug-likeness (QED) is 0.558. The van der Waals surface area contributed by atoms with Crippen molar-refractivity contribution in [1.82, 2.24) is 10.4 Å². The van der Waals surface area contributed by atoms with Crippen molar-refractivity contribution < 1.29 is 9.53 Å². The van der Waals surface area contributed by atoms with Crippen molar-refractivity contribution in [2.75, 3.05) is 7.11 Å². The molecule has 0 saturated carbocycles. The molecule has 0 atom stereocenters. The van der Waals surface area contributed by atoms with Gasteiger partial charge in [0.15, 0.2) is 0 Å². The van der Waals surface area contributed by atoms with Crippen LogP contribution >= 0.6 is 11.6 Å². The number of nitrogens with zero attached hydrogens (tertiary/aromatic N) is 1. The summed E-state index contributed by atoms with van der Waals surface area (Å²) < 4.78 is 5.09. The molecular formula is C18H16ClN3O2. The first-order valence-electron chi connectivity index (χ1n) is 7.34. The number of benzene rings is 2. The van der Waals surface area contributed by atoms with Crippen LogP contribution in [0.2, 0.25) is 5.02 Å². The number of hydrogen-bond donors (Lipinski definition) is 2. The number of hydrogen-bond acceptors (Lipinski definition) is 3. The summed E-state index contributed by atoms with van der Waals surface area (Å²) in [7, 11) is 1.61. The Hall–Kier alpha value is -2.79. The summed E-state index contributed by atoms with van der Waals surface area (Å²) in [6.45, 7) is 1.87. The number of halogens is 1. The number of nitrogens with one attached hydrogen (secondary N) is 2. The molecule has 2 aromatic carbocycles. The lowest BCUT2D eigenvalue weighted by Gasteiger charge is -2.00. The number of H-pyrrole nitrogens is 1. The largest absolute Gasteiger partial charge is 0.497 e. The number of methoxy groups -OCH3 is 1. The molecule has 0 aliphatic rings. The number of hydrazone groups is 1. The van der Waals surface area contributed by atoms with Gasteiger partial charge in [0, 0.05) is 5.39 Å². The molecule has 0 unspecified atom stereocenters. The van der Waals surface area contributed by atoms with E-state index in [4.69, 9.17) is 16.3 Å². The van der Waals surface area contributed by atoms with Crippen molar-refractivity contribution in [3.63, 3.8) is 0 Å². The SMILES string of the molecule is COc1ccc(/C=N\NC(=O)c2[nH]c3c(Cl)cccc3c2C)cc1. The fraction of sp³-hybridized carbons (Fsp3) is 0.111. The summed E-state index contributed by atoms with van der Waals surface area (Å²) in [5, 5.41) is 5.49. The predicted molar refractivity (Wildman–Crippen MR) is 96.1 cm³/mol. The number of aromatic amines is 1. The van der Waals surface area contributed by atoms with Gasteiger partial charge in [-0.25, -0.2) is 5.43 Å². The Labute approximate surface area is 144 Å². The van der Waals surface area contributed by atoms with Gasteiger partial charge in [-0.1, -0.05) is 23.7 Å². The summed E-state index contributed by atoms with van der Waals surface area (Å²) in [6.07, 6.45) is 1.57. The maximum atomic E-state index is 12.3. The van der Waals surface area contributed by atoms with E-state index >= 15 is 0 Å². The molecule has 2 N–H and O–H groups in total. The van der Waals surface area contributed by atoms with E-state index in [0.29, 0.717) is 10.7 Å². The lowest BCUT2D eigenvalue weighted by Crippen LogP contribution is -2.18. The normalized spacial score (nSPS) is 11.1. The fourth-order valence-corrected chi connectivity index (χ4v) is 2.68. The van der Waals surface area contributed by atoms with E-state index in [0.717, 1.165) is 27.8 Å². The number of aromatic nitrogens is 1. The fourth-order valence-electron chi connectivity index (χ4n) is 2.46. The van der Waals surface area contributed by atoms with Gasteiger partial charge >= 0.3 is 0 Å². The first-order valence-corrected chi connectivity index (χ1v) is 7.72. The summed E-state index contributed by atoms with van der Waals surface area (Å²) >= 11 is 6.15. The number of para-hydroxylation sites is 1. The molecule has 0 saturated heterocycles. The zero-order valence-corrected chi connectivity index (χ0v) is 14.0. The zero-order chi connectivity index (χ0) is 17.1. The Balaban J connectivity index is 1.76. The van der Waals surface area contributed by atoms with E-state index in [1.807, 2.05) is 43.3 Å². The van der Waals surface area contributed by atoms with Crippen LogP contribution < -0.4 is 10.2 Å². The second-order valence-corrected chi connectivity index (χ2v) is 5.67. The maximum Gasteiger partial charge on any atom is 0.288 e. The van der Waals surface area contributed by atoms with Crippen LogP contribution in [0.15, 0.2) is 47.6 Å². The van der Waals surface area contributed by atoms with Crippen molar-refractivity contribution in [3.05, 3.63) is 64.3 Å². The number of fused-ring (bicyclic) bond motifs is 1. The second-order valence-electron chi connectivity index (χ2n) is 5.26. The molecule has 1 heterocycles. The van der Waals surface area contributed by atoms with Gasteiger partial charge in [-0.3, -0.25) is 4.79 Å². The van der Waals surface area contributed by atoms with E-state index in [9.17, 15) is 4.79 Å². The number of amides is 1. The molecule has 0 aliphatic carbocycles. The molecule has 3 aromatic rings. The van der Waals surface area contributed by atoms with Crippen LogP contribution in [0.3, 0.4) is 0 Å². The van der Waals surface area contributed by atoms with Gasteiger partial charge in [0.25, 0.3) is 5.91 Å². The molecule has 0 radical (unpaired) electrons. The summed E-state index contributed by atoms with van der Waals surface area (Å²) in [5.41, 5.74) is 5.41. The maximum absolute atomic E-state index is 12.3. The standard InChI is InChI=1S/C18H16ClN3O2/c1-11-14-4-3-5-15(19)17(14)21-16(11)18(23)22-20-10-12-6-8-13(24-2)9-7-12/h3-10,21H,1-2H3,(H,22,23)/b20-10-. The molecule has 24 heavy (non-hydrogen) atoms. The van der Waals surface area contributed by atoms with Gasteiger partial charge < -0.3 is 9.72 Å². The first kappa shape index (κ1) is 16.1. The molecule has 5 nitrogen and oxygen atoms in total. The minimum absolute atomic E-state index is 0.315. The Bertz CT molecular complexity index is 914. The van der Waals surface area contributed by atoms with E-state index in [2.05, 4.69) is 15.5 Å². The van der Waals surface area contributed by atoms with Gasteiger partial charge in [0.1, 0.15) is 11.4 Å². The van der Waals surface area contributed by atoms with E-state index < -0.39 is 0 Å². The molecule has 0 bridgehead atoms. The van der Waals surface area contributed by atoms with Crippen LogP contribution in [-0.2, 0) is 0 Å². The van der Waals surface area contributed by atoms with Crippen molar-refractivity contribution in [1.29, 1.82) is 0 Å². The molecule has 0 aliphatic heterocycles. The third kappa shape index (κ3) is 3.12. The molecule has 3 rings (SSSR count). The molecule has 122 valence electrons. The predicted octanol–water partition coefficient (Wildman–Crippen LogP) is 3.90. The van der Waals surface area contributed by atoms with Crippen LogP contribution in [0, 0.1) is 6.92 Å². The van der Waals surface area contributed by atoms with Crippen LogP contribution in [-0.4, -0.2) is 24.2 Å². The van der Waals surface area contributed by atoms with Crippen LogP contribution in [0.5, 0.6) is 5.75 Å². The van der Waals surface area contributed by atoms with Gasteiger partial charge in [-0.2, -0.15) is 5.10 Å². The molecule has 0 spiro atoms. The minimum Gasteiger partial charge on any atom is -0.497 e. The average molecular weight is 342 g/mol.